The SMILES string of the molecule is CC1[C@H]2CC/C=C/CC[C@@H]12. The molecule has 0 heterocycles. The van der Waals surface area contributed by atoms with E-state index in [-0.39, 0.29) is 0 Å². The summed E-state index contributed by atoms with van der Waals surface area (Å²) in [5.41, 5.74) is 0. The quantitative estimate of drug-likeness (QED) is 0.449. The van der Waals surface area contributed by atoms with Crippen molar-refractivity contribution in [3.8, 4) is 0 Å². The van der Waals surface area contributed by atoms with E-state index in [4.69, 9.17) is 0 Å². The minimum Gasteiger partial charge on any atom is -0.0885 e. The molecule has 2 rings (SSSR count). The van der Waals surface area contributed by atoms with Gasteiger partial charge >= 0.3 is 0 Å². The third-order valence-corrected chi connectivity index (χ3v) is 3.26. The molecule has 10 heavy (non-hydrogen) atoms. The van der Waals surface area contributed by atoms with Crippen molar-refractivity contribution in [2.75, 3.05) is 0 Å². The first-order chi connectivity index (χ1) is 4.89. The summed E-state index contributed by atoms with van der Waals surface area (Å²) in [7, 11) is 0. The van der Waals surface area contributed by atoms with Gasteiger partial charge in [0.05, 0.1) is 0 Å². The van der Waals surface area contributed by atoms with Gasteiger partial charge in [-0.15, -0.1) is 0 Å². The Balaban J connectivity index is 1.94. The van der Waals surface area contributed by atoms with Gasteiger partial charge in [0.25, 0.3) is 0 Å². The van der Waals surface area contributed by atoms with Crippen LogP contribution in [0.5, 0.6) is 0 Å². The van der Waals surface area contributed by atoms with Crippen LogP contribution in [-0.2, 0) is 0 Å². The van der Waals surface area contributed by atoms with Gasteiger partial charge < -0.3 is 0 Å². The average Bonchev–Trinajstić information content (AvgIpc) is 2.39. The lowest BCUT2D eigenvalue weighted by atomic mass is 10.1. The summed E-state index contributed by atoms with van der Waals surface area (Å²) < 4.78 is 0. The number of rotatable bonds is 0. The van der Waals surface area contributed by atoms with Crippen molar-refractivity contribution in [2.45, 2.75) is 32.6 Å². The molecule has 0 saturated heterocycles. The highest BCUT2D eigenvalue weighted by atomic mass is 14.5. The Morgan fingerprint density at radius 1 is 1.00 bits per heavy atom. The van der Waals surface area contributed by atoms with Crippen LogP contribution < -0.4 is 0 Å². The third-order valence-electron chi connectivity index (χ3n) is 3.26. The number of fused-ring (bicyclic) bond motifs is 1. The minimum atomic E-state index is 1.06. The van der Waals surface area contributed by atoms with E-state index < -0.39 is 0 Å². The zero-order chi connectivity index (χ0) is 6.97. The molecule has 1 fully saturated rings. The second-order valence-corrected chi connectivity index (χ2v) is 3.81. The molecule has 0 spiro atoms. The molecule has 0 aromatic heterocycles. The average molecular weight is 136 g/mol. The van der Waals surface area contributed by atoms with Gasteiger partial charge in [0, 0.05) is 0 Å². The van der Waals surface area contributed by atoms with Crippen LogP contribution in [0.3, 0.4) is 0 Å². The number of hydrogen-bond acceptors (Lipinski definition) is 0. The first-order valence-corrected chi connectivity index (χ1v) is 4.54. The Hall–Kier alpha value is -0.260. The van der Waals surface area contributed by atoms with Gasteiger partial charge in [-0.25, -0.2) is 0 Å². The molecule has 0 nitrogen and oxygen atoms in total. The van der Waals surface area contributed by atoms with E-state index in [2.05, 4.69) is 19.1 Å². The van der Waals surface area contributed by atoms with E-state index in [1.54, 1.807) is 0 Å². The summed E-state index contributed by atoms with van der Waals surface area (Å²) in [5.74, 6) is 3.26. The Morgan fingerprint density at radius 2 is 1.50 bits per heavy atom. The standard InChI is InChI=1S/C10H16/c1-8-9-6-4-2-3-5-7-10(8)9/h2-3,8-10H,4-7H2,1H3/b3-2+/t8?,9-,10+. The predicted molar refractivity (Wildman–Crippen MR) is 43.8 cm³/mol. The van der Waals surface area contributed by atoms with E-state index in [1.165, 1.54) is 25.7 Å². The molecule has 1 unspecified atom stereocenters. The van der Waals surface area contributed by atoms with Gasteiger partial charge in [-0.2, -0.15) is 0 Å². The maximum Gasteiger partial charge on any atom is -0.0348 e. The van der Waals surface area contributed by atoms with Crippen molar-refractivity contribution < 1.29 is 0 Å². The van der Waals surface area contributed by atoms with Crippen LogP contribution in [-0.4, -0.2) is 0 Å². The van der Waals surface area contributed by atoms with Crippen molar-refractivity contribution in [2.24, 2.45) is 17.8 Å². The van der Waals surface area contributed by atoms with E-state index in [9.17, 15) is 0 Å². The summed E-state index contributed by atoms with van der Waals surface area (Å²) in [6.45, 7) is 2.42. The second kappa shape index (κ2) is 2.41. The first kappa shape index (κ1) is 6.45. The molecule has 0 aromatic carbocycles. The Morgan fingerprint density at radius 3 is 2.00 bits per heavy atom. The summed E-state index contributed by atoms with van der Waals surface area (Å²) >= 11 is 0. The van der Waals surface area contributed by atoms with Crippen molar-refractivity contribution in [1.82, 2.24) is 0 Å². The van der Waals surface area contributed by atoms with Crippen molar-refractivity contribution in [1.29, 1.82) is 0 Å². The van der Waals surface area contributed by atoms with Crippen LogP contribution >= 0.6 is 0 Å². The lowest BCUT2D eigenvalue weighted by Gasteiger charge is -1.99. The summed E-state index contributed by atoms with van der Waals surface area (Å²) in [5, 5.41) is 0. The molecule has 0 aromatic rings. The molecule has 2 aliphatic carbocycles. The van der Waals surface area contributed by atoms with Crippen molar-refractivity contribution >= 4 is 0 Å². The van der Waals surface area contributed by atoms with Gasteiger partial charge in [0.2, 0.25) is 0 Å². The molecule has 0 radical (unpaired) electrons. The van der Waals surface area contributed by atoms with Crippen LogP contribution in [0.25, 0.3) is 0 Å². The first-order valence-electron chi connectivity index (χ1n) is 4.54. The van der Waals surface area contributed by atoms with Crippen LogP contribution in [0.2, 0.25) is 0 Å². The highest BCUT2D eigenvalue weighted by Gasteiger charge is 2.44. The Bertz CT molecular complexity index is 130. The fraction of sp³-hybridized carbons (Fsp3) is 0.800. The molecule has 56 valence electrons. The molecule has 1 saturated carbocycles. The van der Waals surface area contributed by atoms with Crippen LogP contribution in [0.4, 0.5) is 0 Å². The van der Waals surface area contributed by atoms with Gasteiger partial charge in [-0.1, -0.05) is 19.1 Å². The molecule has 0 N–H and O–H groups in total. The van der Waals surface area contributed by atoms with Crippen molar-refractivity contribution in [3.05, 3.63) is 12.2 Å². The monoisotopic (exact) mass is 136 g/mol. The summed E-state index contributed by atoms with van der Waals surface area (Å²) in [4.78, 5) is 0. The van der Waals surface area contributed by atoms with Gasteiger partial charge in [-0.3, -0.25) is 0 Å². The maximum atomic E-state index is 2.42. The second-order valence-electron chi connectivity index (χ2n) is 3.81. The molecule has 2 aliphatic rings. The molecule has 0 heteroatoms. The molecular weight excluding hydrogens is 120 g/mol. The van der Waals surface area contributed by atoms with Crippen molar-refractivity contribution in [3.63, 3.8) is 0 Å². The van der Waals surface area contributed by atoms with E-state index in [1.807, 2.05) is 0 Å². The maximum absolute atomic E-state index is 2.42. The molecular formula is C10H16. The van der Waals surface area contributed by atoms with Gasteiger partial charge in [-0.05, 0) is 43.4 Å². The van der Waals surface area contributed by atoms with Gasteiger partial charge in [0.1, 0.15) is 0 Å². The molecule has 0 aliphatic heterocycles. The predicted octanol–water partition coefficient (Wildman–Crippen LogP) is 3.00. The Kier molecular flexibility index (Phi) is 1.55. The molecule has 3 atom stereocenters. The zero-order valence-corrected chi connectivity index (χ0v) is 6.72. The summed E-state index contributed by atoms with van der Waals surface area (Å²) in [6.07, 6.45) is 10.3. The highest BCUT2D eigenvalue weighted by molar-refractivity contribution is 4.99. The van der Waals surface area contributed by atoms with Crippen LogP contribution in [0.15, 0.2) is 12.2 Å². The summed E-state index contributed by atoms with van der Waals surface area (Å²) in [6, 6.07) is 0. The lowest BCUT2D eigenvalue weighted by Crippen LogP contribution is -1.85. The zero-order valence-electron chi connectivity index (χ0n) is 6.72. The van der Waals surface area contributed by atoms with Crippen LogP contribution in [0.1, 0.15) is 32.6 Å². The fourth-order valence-corrected chi connectivity index (χ4v) is 2.40. The van der Waals surface area contributed by atoms with E-state index in [0.29, 0.717) is 0 Å². The van der Waals surface area contributed by atoms with E-state index >= 15 is 0 Å². The smallest absolute Gasteiger partial charge is 0.0348 e. The largest absolute Gasteiger partial charge is 0.0885 e. The van der Waals surface area contributed by atoms with E-state index in [0.717, 1.165) is 17.8 Å². The fourth-order valence-electron chi connectivity index (χ4n) is 2.40. The Labute approximate surface area is 63.3 Å². The minimum absolute atomic E-state index is 1.06. The number of allylic oxidation sites excluding steroid dienone is 2. The van der Waals surface area contributed by atoms with Crippen LogP contribution in [0, 0.1) is 17.8 Å². The van der Waals surface area contributed by atoms with Gasteiger partial charge in [0.15, 0.2) is 0 Å². The molecule has 0 amide bonds. The number of hydrogen-bond donors (Lipinski definition) is 0. The molecule has 0 bridgehead atoms. The third kappa shape index (κ3) is 1.00. The topological polar surface area (TPSA) is 0 Å². The normalized spacial score (nSPS) is 48.7. The highest BCUT2D eigenvalue weighted by Crippen LogP contribution is 2.52. The lowest BCUT2D eigenvalue weighted by molar-refractivity contribution is 0.605.